The molecule has 2 heterocycles. The predicted octanol–water partition coefficient (Wildman–Crippen LogP) is 4.16. The highest BCUT2D eigenvalue weighted by Gasteiger charge is 2.38. The summed E-state index contributed by atoms with van der Waals surface area (Å²) >= 11 is 0. The molecule has 0 radical (unpaired) electrons. The summed E-state index contributed by atoms with van der Waals surface area (Å²) in [5.41, 5.74) is 0.677. The van der Waals surface area contributed by atoms with Crippen molar-refractivity contribution in [1.82, 2.24) is 9.80 Å². The van der Waals surface area contributed by atoms with Crippen molar-refractivity contribution in [3.05, 3.63) is 65.7 Å². The van der Waals surface area contributed by atoms with Gasteiger partial charge >= 0.3 is 12.3 Å². The van der Waals surface area contributed by atoms with Crippen molar-refractivity contribution >= 4 is 17.7 Å². The third kappa shape index (κ3) is 5.40. The number of nitrogens with zero attached hydrogens (tertiary/aromatic N) is 3. The molecule has 0 aliphatic carbocycles. The zero-order valence-corrected chi connectivity index (χ0v) is 18.1. The molecule has 2 aromatic rings. The van der Waals surface area contributed by atoms with Crippen molar-refractivity contribution in [3.63, 3.8) is 0 Å². The first-order valence-electron chi connectivity index (χ1n) is 11.0. The average Bonchev–Trinajstić information content (AvgIpc) is 3.32. The van der Waals surface area contributed by atoms with E-state index in [-0.39, 0.29) is 12.5 Å². The van der Waals surface area contributed by atoms with Crippen LogP contribution < -0.4 is 4.90 Å². The van der Waals surface area contributed by atoms with Crippen LogP contribution in [0.5, 0.6) is 0 Å². The van der Waals surface area contributed by atoms with E-state index < -0.39 is 23.9 Å². The Kier molecular flexibility index (Phi) is 6.76. The van der Waals surface area contributed by atoms with E-state index in [9.17, 15) is 22.8 Å². The van der Waals surface area contributed by atoms with Gasteiger partial charge < -0.3 is 14.5 Å². The predicted molar refractivity (Wildman–Crippen MR) is 117 cm³/mol. The monoisotopic (exact) mass is 461 g/mol. The lowest BCUT2D eigenvalue weighted by Gasteiger charge is -2.38. The fraction of sp³-hybridized carbons (Fsp3) is 0.417. The second kappa shape index (κ2) is 9.72. The number of rotatable bonds is 4. The zero-order valence-electron chi connectivity index (χ0n) is 18.1. The van der Waals surface area contributed by atoms with E-state index in [0.29, 0.717) is 44.8 Å². The van der Waals surface area contributed by atoms with Gasteiger partial charge in [-0.1, -0.05) is 36.4 Å². The van der Waals surface area contributed by atoms with Gasteiger partial charge in [-0.2, -0.15) is 13.2 Å². The van der Waals surface area contributed by atoms with Crippen molar-refractivity contribution in [1.29, 1.82) is 0 Å². The quantitative estimate of drug-likeness (QED) is 0.687. The molecule has 2 aliphatic heterocycles. The van der Waals surface area contributed by atoms with Gasteiger partial charge in [-0.05, 0) is 36.6 Å². The third-order valence-electron chi connectivity index (χ3n) is 6.11. The number of anilines is 1. The van der Waals surface area contributed by atoms with E-state index in [1.807, 2.05) is 35.2 Å². The molecule has 2 aliphatic rings. The van der Waals surface area contributed by atoms with Gasteiger partial charge in [-0.3, -0.25) is 9.69 Å². The fourth-order valence-corrected chi connectivity index (χ4v) is 4.32. The van der Waals surface area contributed by atoms with E-state index in [0.717, 1.165) is 24.1 Å². The lowest BCUT2D eigenvalue weighted by molar-refractivity contribution is -0.137. The van der Waals surface area contributed by atoms with Crippen LogP contribution in [0.3, 0.4) is 0 Å². The van der Waals surface area contributed by atoms with Crippen LogP contribution in [0.4, 0.5) is 23.7 Å². The summed E-state index contributed by atoms with van der Waals surface area (Å²) in [6.45, 7) is 2.24. The molecule has 33 heavy (non-hydrogen) atoms. The van der Waals surface area contributed by atoms with Crippen molar-refractivity contribution in [2.24, 2.45) is 0 Å². The molecule has 0 aromatic heterocycles. The number of alkyl halides is 3. The summed E-state index contributed by atoms with van der Waals surface area (Å²) in [7, 11) is 0. The minimum atomic E-state index is -4.39. The Bertz CT molecular complexity index is 976. The Morgan fingerprint density at radius 1 is 0.939 bits per heavy atom. The van der Waals surface area contributed by atoms with Gasteiger partial charge in [-0.15, -0.1) is 0 Å². The number of benzene rings is 2. The summed E-state index contributed by atoms with van der Waals surface area (Å²) in [5.74, 6) is -0.132. The summed E-state index contributed by atoms with van der Waals surface area (Å²) in [5, 5.41) is 0. The van der Waals surface area contributed by atoms with E-state index in [1.165, 1.54) is 11.0 Å². The number of carbonyl (C=O) groups excluding carboxylic acids is 2. The van der Waals surface area contributed by atoms with Gasteiger partial charge in [0.15, 0.2) is 0 Å². The van der Waals surface area contributed by atoms with Crippen LogP contribution in [0, 0.1) is 0 Å². The van der Waals surface area contributed by atoms with Crippen LogP contribution in [-0.4, -0.2) is 60.6 Å². The Morgan fingerprint density at radius 3 is 2.36 bits per heavy atom. The van der Waals surface area contributed by atoms with Crippen molar-refractivity contribution in [2.75, 3.05) is 37.6 Å². The van der Waals surface area contributed by atoms with Crippen LogP contribution in [0.25, 0.3) is 0 Å². The van der Waals surface area contributed by atoms with Crippen LogP contribution in [-0.2, 0) is 22.3 Å². The van der Waals surface area contributed by atoms with E-state index in [4.69, 9.17) is 4.74 Å². The molecule has 2 aromatic carbocycles. The van der Waals surface area contributed by atoms with Gasteiger partial charge in [0, 0.05) is 38.4 Å². The molecule has 1 unspecified atom stereocenters. The van der Waals surface area contributed by atoms with Crippen LogP contribution in [0.15, 0.2) is 54.6 Å². The second-order valence-electron chi connectivity index (χ2n) is 8.25. The van der Waals surface area contributed by atoms with Crippen LogP contribution in [0.2, 0.25) is 0 Å². The molecule has 0 saturated carbocycles. The van der Waals surface area contributed by atoms with Gasteiger partial charge in [0.25, 0.3) is 0 Å². The van der Waals surface area contributed by atoms with E-state index in [1.54, 1.807) is 11.0 Å². The highest BCUT2D eigenvalue weighted by molar-refractivity contribution is 5.86. The highest BCUT2D eigenvalue weighted by atomic mass is 19.4. The molecule has 9 heteroatoms. The van der Waals surface area contributed by atoms with Gasteiger partial charge in [0.1, 0.15) is 12.6 Å². The first-order valence-corrected chi connectivity index (χ1v) is 11.0. The largest absolute Gasteiger partial charge is 0.445 e. The third-order valence-corrected chi connectivity index (χ3v) is 6.11. The molecule has 0 N–H and O–H groups in total. The fourth-order valence-electron chi connectivity index (χ4n) is 4.32. The Hall–Kier alpha value is -3.23. The standard InChI is InChI=1S/C24H26F3N3O3/c25-24(26,27)19-8-4-9-20(16-19)28-12-14-29(15-13-28)22(31)21-10-5-11-30(21)23(32)33-17-18-6-2-1-3-7-18/h1-4,6-9,16,21H,5,10-15,17H2. The number of halogens is 3. The lowest BCUT2D eigenvalue weighted by atomic mass is 10.1. The number of ether oxygens (including phenoxy) is 1. The minimum absolute atomic E-state index is 0.132. The maximum atomic E-state index is 13.1. The number of carbonyl (C=O) groups is 2. The number of piperazine rings is 1. The van der Waals surface area contributed by atoms with Crippen LogP contribution >= 0.6 is 0 Å². The minimum Gasteiger partial charge on any atom is -0.445 e. The normalized spacial score (nSPS) is 19.0. The van der Waals surface area contributed by atoms with Crippen molar-refractivity contribution < 1.29 is 27.5 Å². The Morgan fingerprint density at radius 2 is 1.67 bits per heavy atom. The topological polar surface area (TPSA) is 53.1 Å². The molecule has 0 spiro atoms. The number of hydrogen-bond donors (Lipinski definition) is 0. The van der Waals surface area contributed by atoms with Crippen LogP contribution in [0.1, 0.15) is 24.0 Å². The van der Waals surface area contributed by atoms with Gasteiger partial charge in [0.2, 0.25) is 5.91 Å². The summed E-state index contributed by atoms with van der Waals surface area (Å²) in [4.78, 5) is 30.8. The number of likely N-dealkylation sites (tertiary alicyclic amines) is 1. The lowest BCUT2D eigenvalue weighted by Crippen LogP contribution is -2.54. The molecule has 0 bridgehead atoms. The summed E-state index contributed by atoms with van der Waals surface area (Å²) < 4.78 is 44.5. The van der Waals surface area contributed by atoms with Crippen molar-refractivity contribution in [2.45, 2.75) is 31.7 Å². The average molecular weight is 461 g/mol. The Labute approximate surface area is 190 Å². The molecule has 6 nitrogen and oxygen atoms in total. The van der Waals surface area contributed by atoms with Gasteiger partial charge in [0.05, 0.1) is 5.56 Å². The molecule has 176 valence electrons. The zero-order chi connectivity index (χ0) is 23.4. The molecule has 4 rings (SSSR count). The molecule has 2 amide bonds. The summed E-state index contributed by atoms with van der Waals surface area (Å²) in [6.07, 6.45) is -3.60. The first-order chi connectivity index (χ1) is 15.8. The van der Waals surface area contributed by atoms with E-state index in [2.05, 4.69) is 0 Å². The van der Waals surface area contributed by atoms with Gasteiger partial charge in [-0.25, -0.2) is 4.79 Å². The highest BCUT2D eigenvalue weighted by Crippen LogP contribution is 2.32. The smallest absolute Gasteiger partial charge is 0.416 e. The molecule has 2 fully saturated rings. The number of hydrogen-bond acceptors (Lipinski definition) is 4. The Balaban J connectivity index is 1.33. The molecule has 2 saturated heterocycles. The second-order valence-corrected chi connectivity index (χ2v) is 8.25. The summed E-state index contributed by atoms with van der Waals surface area (Å²) in [6, 6.07) is 14.0. The first kappa shape index (κ1) is 22.9. The van der Waals surface area contributed by atoms with E-state index >= 15 is 0 Å². The maximum Gasteiger partial charge on any atom is 0.416 e. The number of amides is 2. The van der Waals surface area contributed by atoms with Crippen molar-refractivity contribution in [3.8, 4) is 0 Å². The SMILES string of the molecule is O=C(C1CCCN1C(=O)OCc1ccccc1)N1CCN(c2cccc(C(F)(F)F)c2)CC1. The molecular formula is C24H26F3N3O3. The molecule has 1 atom stereocenters. The maximum absolute atomic E-state index is 13.1. The molecular weight excluding hydrogens is 435 g/mol.